The molecule has 15 heavy (non-hydrogen) atoms. The Kier molecular flexibility index (Phi) is 2.08. The molecule has 2 aliphatic rings. The minimum atomic E-state index is 0.229. The molecule has 2 nitrogen and oxygen atoms in total. The predicted octanol–water partition coefficient (Wildman–Crippen LogP) is 1.61. The van der Waals surface area contributed by atoms with Crippen molar-refractivity contribution in [1.29, 1.82) is 0 Å². The van der Waals surface area contributed by atoms with Crippen molar-refractivity contribution in [2.75, 3.05) is 13.1 Å². The first kappa shape index (κ1) is 9.37. The van der Waals surface area contributed by atoms with E-state index < -0.39 is 0 Å². The summed E-state index contributed by atoms with van der Waals surface area (Å²) in [6.45, 7) is 3.46. The summed E-state index contributed by atoms with van der Waals surface area (Å²) >= 11 is 0. The van der Waals surface area contributed by atoms with Crippen molar-refractivity contribution < 1.29 is 0 Å². The number of hydrogen-bond acceptors (Lipinski definition) is 2. The van der Waals surface area contributed by atoms with E-state index in [-0.39, 0.29) is 5.54 Å². The average Bonchev–Trinajstić information content (AvgIpc) is 2.91. The molecule has 1 aromatic carbocycles. The standard InChI is InChI=1S/C13H18N2/c14-13-6-7-15(10-12(13)8-13)9-11-4-2-1-3-5-11/h1-5,12H,6-10,14H2/t12-,13-/m1/s1. The zero-order chi connectivity index (χ0) is 10.3. The molecule has 2 N–H and O–H groups in total. The van der Waals surface area contributed by atoms with Gasteiger partial charge in [-0.3, -0.25) is 4.90 Å². The lowest BCUT2D eigenvalue weighted by Crippen LogP contribution is -2.41. The zero-order valence-electron chi connectivity index (χ0n) is 9.02. The monoisotopic (exact) mass is 202 g/mol. The van der Waals surface area contributed by atoms with E-state index in [1.165, 1.54) is 31.5 Å². The average molecular weight is 202 g/mol. The van der Waals surface area contributed by atoms with E-state index in [0.717, 1.165) is 12.5 Å². The molecule has 2 atom stereocenters. The number of rotatable bonds is 2. The lowest BCUT2D eigenvalue weighted by Gasteiger charge is -2.29. The maximum Gasteiger partial charge on any atom is 0.0233 e. The van der Waals surface area contributed by atoms with Gasteiger partial charge in [-0.2, -0.15) is 0 Å². The van der Waals surface area contributed by atoms with Crippen LogP contribution in [0.1, 0.15) is 18.4 Å². The van der Waals surface area contributed by atoms with Gasteiger partial charge < -0.3 is 5.73 Å². The van der Waals surface area contributed by atoms with Crippen LogP contribution in [-0.4, -0.2) is 23.5 Å². The van der Waals surface area contributed by atoms with Crippen LogP contribution in [0.4, 0.5) is 0 Å². The second-order valence-corrected chi connectivity index (χ2v) is 5.10. The highest BCUT2D eigenvalue weighted by Crippen LogP contribution is 2.47. The summed E-state index contributed by atoms with van der Waals surface area (Å²) in [7, 11) is 0. The largest absolute Gasteiger partial charge is 0.325 e. The van der Waals surface area contributed by atoms with Gasteiger partial charge in [0, 0.05) is 25.2 Å². The third-order valence-corrected chi connectivity index (χ3v) is 3.90. The Morgan fingerprint density at radius 3 is 2.87 bits per heavy atom. The van der Waals surface area contributed by atoms with E-state index in [0.29, 0.717) is 0 Å². The van der Waals surface area contributed by atoms with Crippen molar-refractivity contribution >= 4 is 0 Å². The van der Waals surface area contributed by atoms with Gasteiger partial charge in [-0.25, -0.2) is 0 Å². The van der Waals surface area contributed by atoms with Gasteiger partial charge in [0.2, 0.25) is 0 Å². The van der Waals surface area contributed by atoms with Crippen molar-refractivity contribution in [2.45, 2.75) is 24.9 Å². The van der Waals surface area contributed by atoms with Gasteiger partial charge in [0.1, 0.15) is 0 Å². The highest BCUT2D eigenvalue weighted by molar-refractivity contribution is 5.16. The van der Waals surface area contributed by atoms with Gasteiger partial charge in [-0.05, 0) is 24.3 Å². The Bertz CT molecular complexity index is 349. The number of nitrogens with zero attached hydrogens (tertiary/aromatic N) is 1. The van der Waals surface area contributed by atoms with Crippen LogP contribution >= 0.6 is 0 Å². The van der Waals surface area contributed by atoms with E-state index in [2.05, 4.69) is 35.2 Å². The van der Waals surface area contributed by atoms with Crippen molar-refractivity contribution in [2.24, 2.45) is 11.7 Å². The molecule has 0 unspecified atom stereocenters. The van der Waals surface area contributed by atoms with Crippen LogP contribution in [0, 0.1) is 5.92 Å². The topological polar surface area (TPSA) is 29.3 Å². The van der Waals surface area contributed by atoms with Crippen LogP contribution < -0.4 is 5.73 Å². The number of piperidine rings is 1. The molecule has 2 fully saturated rings. The summed E-state index contributed by atoms with van der Waals surface area (Å²) < 4.78 is 0. The minimum Gasteiger partial charge on any atom is -0.325 e. The highest BCUT2D eigenvalue weighted by atomic mass is 15.2. The molecule has 0 radical (unpaired) electrons. The second kappa shape index (κ2) is 3.32. The summed E-state index contributed by atoms with van der Waals surface area (Å²) in [6.07, 6.45) is 2.43. The van der Waals surface area contributed by atoms with Crippen LogP contribution in [-0.2, 0) is 6.54 Å². The van der Waals surface area contributed by atoms with Gasteiger partial charge in [0.15, 0.2) is 0 Å². The second-order valence-electron chi connectivity index (χ2n) is 5.10. The molecule has 1 aliphatic heterocycles. The van der Waals surface area contributed by atoms with Gasteiger partial charge >= 0.3 is 0 Å². The summed E-state index contributed by atoms with van der Waals surface area (Å²) in [5.41, 5.74) is 7.83. The molecule has 1 heterocycles. The molecular weight excluding hydrogens is 184 g/mol. The number of fused-ring (bicyclic) bond motifs is 1. The van der Waals surface area contributed by atoms with Gasteiger partial charge in [0.25, 0.3) is 0 Å². The van der Waals surface area contributed by atoms with Crippen molar-refractivity contribution in [3.8, 4) is 0 Å². The molecule has 1 saturated carbocycles. The molecule has 1 aromatic rings. The molecule has 2 heteroatoms. The molecule has 0 bridgehead atoms. The van der Waals surface area contributed by atoms with E-state index in [9.17, 15) is 0 Å². The fourth-order valence-corrected chi connectivity index (χ4v) is 2.71. The first-order valence-electron chi connectivity index (χ1n) is 5.81. The van der Waals surface area contributed by atoms with Crippen LogP contribution in [0.2, 0.25) is 0 Å². The minimum absolute atomic E-state index is 0.229. The van der Waals surface area contributed by atoms with E-state index in [1.54, 1.807) is 0 Å². The summed E-state index contributed by atoms with van der Waals surface area (Å²) in [5.74, 6) is 0.773. The fraction of sp³-hybridized carbons (Fsp3) is 0.538. The Morgan fingerprint density at radius 2 is 2.13 bits per heavy atom. The Balaban J connectivity index is 1.61. The van der Waals surface area contributed by atoms with Gasteiger partial charge in [-0.15, -0.1) is 0 Å². The Morgan fingerprint density at radius 1 is 1.33 bits per heavy atom. The Hall–Kier alpha value is -0.860. The van der Waals surface area contributed by atoms with E-state index >= 15 is 0 Å². The predicted molar refractivity (Wildman–Crippen MR) is 61.4 cm³/mol. The summed E-state index contributed by atoms with van der Waals surface area (Å²) in [6, 6.07) is 10.7. The van der Waals surface area contributed by atoms with Crippen LogP contribution in [0.25, 0.3) is 0 Å². The van der Waals surface area contributed by atoms with Crippen LogP contribution in [0.15, 0.2) is 30.3 Å². The van der Waals surface area contributed by atoms with Crippen LogP contribution in [0.5, 0.6) is 0 Å². The maximum absolute atomic E-state index is 6.18. The third kappa shape index (κ3) is 1.80. The molecule has 3 rings (SSSR count). The van der Waals surface area contributed by atoms with E-state index in [4.69, 9.17) is 5.73 Å². The molecule has 0 aromatic heterocycles. The zero-order valence-corrected chi connectivity index (χ0v) is 9.02. The highest BCUT2D eigenvalue weighted by Gasteiger charge is 2.53. The number of hydrogen-bond donors (Lipinski definition) is 1. The van der Waals surface area contributed by atoms with Crippen molar-refractivity contribution in [3.05, 3.63) is 35.9 Å². The SMILES string of the molecule is N[C@@]12CCN(Cc3ccccc3)C[C@H]1C2. The first-order valence-corrected chi connectivity index (χ1v) is 5.81. The molecule has 0 amide bonds. The van der Waals surface area contributed by atoms with Gasteiger partial charge in [0.05, 0.1) is 0 Å². The molecular formula is C13H18N2. The first-order chi connectivity index (χ1) is 7.26. The third-order valence-electron chi connectivity index (χ3n) is 3.90. The molecule has 80 valence electrons. The Labute approximate surface area is 91.1 Å². The quantitative estimate of drug-likeness (QED) is 0.789. The van der Waals surface area contributed by atoms with Gasteiger partial charge in [-0.1, -0.05) is 30.3 Å². The number of likely N-dealkylation sites (tertiary alicyclic amines) is 1. The lowest BCUT2D eigenvalue weighted by molar-refractivity contribution is 0.200. The molecule has 1 saturated heterocycles. The molecule has 0 spiro atoms. The van der Waals surface area contributed by atoms with E-state index in [1.807, 2.05) is 0 Å². The van der Waals surface area contributed by atoms with Crippen molar-refractivity contribution in [1.82, 2.24) is 4.90 Å². The number of nitrogens with two attached hydrogens (primary N) is 1. The summed E-state index contributed by atoms with van der Waals surface area (Å²) in [4.78, 5) is 2.54. The van der Waals surface area contributed by atoms with Crippen LogP contribution in [0.3, 0.4) is 0 Å². The normalized spacial score (nSPS) is 34.9. The number of benzene rings is 1. The molecule has 1 aliphatic carbocycles. The smallest absolute Gasteiger partial charge is 0.0233 e. The maximum atomic E-state index is 6.18. The van der Waals surface area contributed by atoms with Crippen molar-refractivity contribution in [3.63, 3.8) is 0 Å². The summed E-state index contributed by atoms with van der Waals surface area (Å²) in [5, 5.41) is 0. The fourth-order valence-electron chi connectivity index (χ4n) is 2.71. The lowest BCUT2D eigenvalue weighted by atomic mass is 10.1.